The maximum Gasteiger partial charge on any atom is 0.472 e. The molecule has 0 aliphatic heterocycles. The van der Waals surface area contributed by atoms with E-state index < -0.39 is 45.8 Å². The first kappa shape index (κ1) is 61.1. The average molecular weight is 915 g/mol. The van der Waals surface area contributed by atoms with E-state index >= 15 is 0 Å². The van der Waals surface area contributed by atoms with Gasteiger partial charge in [0, 0.05) is 13.0 Å². The zero-order chi connectivity index (χ0) is 46.7. The van der Waals surface area contributed by atoms with Crippen molar-refractivity contribution in [3.05, 3.63) is 109 Å². The van der Waals surface area contributed by atoms with E-state index in [9.17, 15) is 19.4 Å². The number of carbonyl (C=O) groups is 1. The van der Waals surface area contributed by atoms with Gasteiger partial charge in [0.05, 0.1) is 26.4 Å². The summed E-state index contributed by atoms with van der Waals surface area (Å²) in [7, 11) is -4.55. The van der Waals surface area contributed by atoms with Crippen LogP contribution in [0.4, 0.5) is 0 Å². The van der Waals surface area contributed by atoms with E-state index in [1.165, 1.54) is 77.0 Å². The molecule has 0 rings (SSSR count). The van der Waals surface area contributed by atoms with Crippen molar-refractivity contribution >= 4 is 13.8 Å². The molecule has 9 nitrogen and oxygen atoms in total. The fraction of sp³-hybridized carbons (Fsp3) is 0.648. The van der Waals surface area contributed by atoms with E-state index in [1.807, 2.05) is 0 Å². The summed E-state index contributed by atoms with van der Waals surface area (Å²) in [5.74, 6) is -0.444. The van der Waals surface area contributed by atoms with Crippen molar-refractivity contribution in [2.24, 2.45) is 0 Å². The molecule has 3 N–H and O–H groups in total. The minimum Gasteiger partial charge on any atom is -0.457 e. The molecule has 0 bridgehead atoms. The van der Waals surface area contributed by atoms with Crippen molar-refractivity contribution in [3.8, 4) is 0 Å². The number of ether oxygens (including phenoxy) is 2. The number of phosphoric acid groups is 1. The Morgan fingerprint density at radius 2 is 0.891 bits per heavy atom. The summed E-state index contributed by atoms with van der Waals surface area (Å²) in [6.45, 7) is 3.28. The summed E-state index contributed by atoms with van der Waals surface area (Å²) >= 11 is 0. The largest absolute Gasteiger partial charge is 0.472 e. The Morgan fingerprint density at radius 1 is 0.500 bits per heavy atom. The van der Waals surface area contributed by atoms with Crippen molar-refractivity contribution in [1.29, 1.82) is 0 Å². The lowest BCUT2D eigenvalue weighted by molar-refractivity contribution is -0.154. The van der Waals surface area contributed by atoms with E-state index in [-0.39, 0.29) is 13.0 Å². The molecule has 0 aliphatic rings. The summed E-state index contributed by atoms with van der Waals surface area (Å²) in [6, 6.07) is 0. The van der Waals surface area contributed by atoms with E-state index in [4.69, 9.17) is 23.6 Å². The molecule has 0 aromatic heterocycles. The zero-order valence-corrected chi connectivity index (χ0v) is 41.1. The van der Waals surface area contributed by atoms with Crippen LogP contribution in [0.25, 0.3) is 0 Å². The Hall–Kier alpha value is -2.88. The summed E-state index contributed by atoms with van der Waals surface area (Å²) in [5, 5.41) is 18.4. The van der Waals surface area contributed by atoms with E-state index in [0.29, 0.717) is 13.0 Å². The molecule has 64 heavy (non-hydrogen) atoms. The predicted octanol–water partition coefficient (Wildman–Crippen LogP) is 14.6. The molecule has 0 saturated heterocycles. The molecule has 0 aliphatic carbocycles. The number of hydrogen-bond acceptors (Lipinski definition) is 8. The van der Waals surface area contributed by atoms with Gasteiger partial charge in [0.15, 0.2) is 0 Å². The number of hydrogen-bond donors (Lipinski definition) is 3. The fourth-order valence-electron chi connectivity index (χ4n) is 6.20. The van der Waals surface area contributed by atoms with E-state index in [2.05, 4.69) is 123 Å². The second kappa shape index (κ2) is 49.6. The SMILES string of the molecule is CC/C=C\C/C=C\C/C=C\C/C=C\C/C=C\C/C=C\C/C=C\CCCC(=O)OC(COCCCCCCCCCCCC/C=C\C/C=C\CCCCC)COP(=O)(O)OCC(O)CO. The maximum atomic E-state index is 12.7. The number of aliphatic hydroxyl groups is 2. The number of aliphatic hydroxyl groups excluding tert-OH is 2. The number of esters is 1. The van der Waals surface area contributed by atoms with Crippen molar-refractivity contribution in [1.82, 2.24) is 0 Å². The number of rotatable bonds is 46. The van der Waals surface area contributed by atoms with Gasteiger partial charge in [-0.25, -0.2) is 4.57 Å². The van der Waals surface area contributed by atoms with Crippen LogP contribution in [-0.4, -0.2) is 66.3 Å². The van der Waals surface area contributed by atoms with E-state index in [1.54, 1.807) is 0 Å². The normalized spacial score (nSPS) is 14.8. The second-order valence-corrected chi connectivity index (χ2v) is 17.5. The van der Waals surface area contributed by atoms with Crippen molar-refractivity contribution in [3.63, 3.8) is 0 Å². The first-order chi connectivity index (χ1) is 31.3. The highest BCUT2D eigenvalue weighted by molar-refractivity contribution is 7.47. The highest BCUT2D eigenvalue weighted by atomic mass is 31.2. The lowest BCUT2D eigenvalue weighted by Gasteiger charge is -2.20. The van der Waals surface area contributed by atoms with Gasteiger partial charge in [-0.15, -0.1) is 0 Å². The first-order valence-electron chi connectivity index (χ1n) is 24.9. The molecule has 0 spiro atoms. The Balaban J connectivity index is 4.25. The van der Waals surface area contributed by atoms with Gasteiger partial charge in [0.2, 0.25) is 0 Å². The van der Waals surface area contributed by atoms with Crippen LogP contribution in [0, 0.1) is 0 Å². The van der Waals surface area contributed by atoms with Crippen LogP contribution in [0.3, 0.4) is 0 Å². The van der Waals surface area contributed by atoms with Crippen LogP contribution in [0.1, 0.15) is 181 Å². The number of carbonyl (C=O) groups excluding carboxylic acids is 1. The molecular formula is C54H91O9P. The molecule has 0 heterocycles. The van der Waals surface area contributed by atoms with Crippen molar-refractivity contribution in [2.45, 2.75) is 193 Å². The quantitative estimate of drug-likeness (QED) is 0.0236. The standard InChI is InChI=1S/C54H91O9P/c1-3-5-7-9-11-13-15-17-19-21-23-25-26-27-28-30-32-34-36-38-40-42-44-46-54(57)63-53(51-62-64(58,59)61-49-52(56)48-55)50-60-47-45-43-41-39-37-35-33-31-29-24-22-20-18-16-14-12-10-8-6-4-2/h5,7,11-14,17-20,23,25,27-28,32,34,38,40,52-53,55-56H,3-4,6,8-10,15-16,21-22,24,26,29-31,33,35-37,39,41-51H2,1-2H3,(H,58,59)/b7-5-,13-11-,14-12-,19-17-,20-18-,25-23-,28-27-,34-32-,40-38-. The highest BCUT2D eigenvalue weighted by Crippen LogP contribution is 2.43. The smallest absolute Gasteiger partial charge is 0.457 e. The van der Waals surface area contributed by atoms with Crippen molar-refractivity contribution < 1.29 is 43.0 Å². The van der Waals surface area contributed by atoms with Crippen molar-refractivity contribution in [2.75, 3.05) is 33.0 Å². The van der Waals surface area contributed by atoms with Gasteiger partial charge in [0.1, 0.15) is 12.2 Å². The third kappa shape index (κ3) is 48.6. The third-order valence-corrected chi connectivity index (χ3v) is 10.9. The minimum atomic E-state index is -4.55. The predicted molar refractivity (Wildman–Crippen MR) is 269 cm³/mol. The fourth-order valence-corrected chi connectivity index (χ4v) is 6.99. The average Bonchev–Trinajstić information content (AvgIpc) is 3.29. The first-order valence-corrected chi connectivity index (χ1v) is 26.4. The van der Waals surface area contributed by atoms with Gasteiger partial charge in [-0.1, -0.05) is 187 Å². The molecule has 0 radical (unpaired) electrons. The molecule has 0 aromatic rings. The Labute approximate surface area is 390 Å². The minimum absolute atomic E-state index is 0.0167. The van der Waals surface area contributed by atoms with Gasteiger partial charge >= 0.3 is 13.8 Å². The van der Waals surface area contributed by atoms with Gasteiger partial charge in [-0.3, -0.25) is 13.8 Å². The molecule has 3 unspecified atom stereocenters. The molecular weight excluding hydrogens is 824 g/mol. The Kier molecular flexibility index (Phi) is 47.3. The molecule has 0 fully saturated rings. The van der Waals surface area contributed by atoms with Gasteiger partial charge < -0.3 is 24.6 Å². The topological polar surface area (TPSA) is 132 Å². The molecule has 0 aromatic carbocycles. The lowest BCUT2D eigenvalue weighted by Crippen LogP contribution is -2.29. The summed E-state index contributed by atoms with van der Waals surface area (Å²) < 4.78 is 33.4. The lowest BCUT2D eigenvalue weighted by atomic mass is 10.1. The number of phosphoric ester groups is 1. The van der Waals surface area contributed by atoms with Gasteiger partial charge in [-0.2, -0.15) is 0 Å². The Bertz CT molecular complexity index is 1360. The number of allylic oxidation sites excluding steroid dienone is 18. The molecule has 366 valence electrons. The molecule has 3 atom stereocenters. The summed E-state index contributed by atoms with van der Waals surface area (Å²) in [6.07, 6.45) is 64.8. The third-order valence-electron chi connectivity index (χ3n) is 9.94. The van der Waals surface area contributed by atoms with Crippen LogP contribution in [0.5, 0.6) is 0 Å². The second-order valence-electron chi connectivity index (χ2n) is 16.1. The van der Waals surface area contributed by atoms with Crippen LogP contribution in [0.2, 0.25) is 0 Å². The summed E-state index contributed by atoms with van der Waals surface area (Å²) in [5.41, 5.74) is 0. The molecule has 10 heteroatoms. The molecule has 0 saturated carbocycles. The van der Waals surface area contributed by atoms with Crippen LogP contribution < -0.4 is 0 Å². The van der Waals surface area contributed by atoms with Gasteiger partial charge in [-0.05, 0) is 96.3 Å². The molecule has 0 amide bonds. The summed E-state index contributed by atoms with van der Waals surface area (Å²) in [4.78, 5) is 22.7. The highest BCUT2D eigenvalue weighted by Gasteiger charge is 2.26. The maximum absolute atomic E-state index is 12.7. The Morgan fingerprint density at radius 3 is 1.34 bits per heavy atom. The zero-order valence-electron chi connectivity index (χ0n) is 40.2. The monoisotopic (exact) mass is 915 g/mol. The van der Waals surface area contributed by atoms with E-state index in [0.717, 1.165) is 77.0 Å². The van der Waals surface area contributed by atoms with Gasteiger partial charge in [0.25, 0.3) is 0 Å². The van der Waals surface area contributed by atoms with Crippen LogP contribution in [0.15, 0.2) is 109 Å². The van der Waals surface area contributed by atoms with Crippen LogP contribution in [-0.2, 0) is 27.9 Å². The van der Waals surface area contributed by atoms with Crippen LogP contribution >= 0.6 is 7.82 Å². The number of unbranched alkanes of at least 4 members (excludes halogenated alkanes) is 14.